The van der Waals surface area contributed by atoms with Crippen molar-refractivity contribution in [1.82, 2.24) is 9.80 Å². The van der Waals surface area contributed by atoms with Crippen LogP contribution < -0.4 is 10.1 Å². The lowest BCUT2D eigenvalue weighted by molar-refractivity contribution is -0.122. The first-order chi connectivity index (χ1) is 15.7. The predicted molar refractivity (Wildman–Crippen MR) is 127 cm³/mol. The molecule has 7 heteroatoms. The Balaban J connectivity index is 1.51. The van der Waals surface area contributed by atoms with Crippen LogP contribution in [-0.2, 0) is 4.79 Å². The number of amides is 2. The van der Waals surface area contributed by atoms with Crippen LogP contribution >= 0.6 is 11.3 Å². The third kappa shape index (κ3) is 5.00. The summed E-state index contributed by atoms with van der Waals surface area (Å²) in [6, 6.07) is 20.5. The van der Waals surface area contributed by atoms with E-state index in [0.717, 1.165) is 10.4 Å². The highest BCUT2D eigenvalue weighted by Crippen LogP contribution is 2.28. The van der Waals surface area contributed by atoms with Gasteiger partial charge in [-0.2, -0.15) is 0 Å². The third-order valence-electron chi connectivity index (χ3n) is 5.51. The molecule has 1 atom stereocenters. The minimum atomic E-state index is -0.454. The summed E-state index contributed by atoms with van der Waals surface area (Å²) in [7, 11) is 0. The lowest BCUT2D eigenvalue weighted by atomic mass is 10.0. The molecule has 2 aromatic carbocycles. The van der Waals surface area contributed by atoms with Gasteiger partial charge in [-0.1, -0.05) is 48.5 Å². The molecule has 1 aliphatic rings. The molecule has 0 bridgehead atoms. The molecule has 166 valence electrons. The number of piperazine rings is 1. The minimum absolute atomic E-state index is 0.0611. The van der Waals surface area contributed by atoms with E-state index in [0.29, 0.717) is 44.2 Å². The molecular weight excluding hydrogens is 422 g/mol. The normalized spacial score (nSPS) is 15.2. The Labute approximate surface area is 192 Å². The Kier molecular flexibility index (Phi) is 7.19. The van der Waals surface area contributed by atoms with Crippen molar-refractivity contribution in [3.8, 4) is 5.75 Å². The fourth-order valence-electron chi connectivity index (χ4n) is 3.96. The fourth-order valence-corrected chi connectivity index (χ4v) is 4.65. The van der Waals surface area contributed by atoms with E-state index in [4.69, 9.17) is 4.74 Å². The van der Waals surface area contributed by atoms with Gasteiger partial charge in [0, 0.05) is 26.2 Å². The number of hydrogen-bond acceptors (Lipinski definition) is 5. The second kappa shape index (κ2) is 10.4. The molecule has 0 aliphatic carbocycles. The molecule has 1 fully saturated rings. The molecule has 3 aromatic rings. The lowest BCUT2D eigenvalue weighted by Crippen LogP contribution is -2.51. The van der Waals surface area contributed by atoms with Crippen molar-refractivity contribution >= 4 is 28.8 Å². The molecular formula is C25H27N3O3S. The maximum Gasteiger partial charge on any atom is 0.264 e. The summed E-state index contributed by atoms with van der Waals surface area (Å²) < 4.78 is 5.67. The molecule has 0 radical (unpaired) electrons. The van der Waals surface area contributed by atoms with Gasteiger partial charge in [-0.3, -0.25) is 14.5 Å². The smallest absolute Gasteiger partial charge is 0.264 e. The number of carbonyl (C=O) groups excluding carboxylic acids is 2. The molecule has 0 saturated carbocycles. The first-order valence-corrected chi connectivity index (χ1v) is 11.7. The van der Waals surface area contributed by atoms with E-state index in [1.54, 1.807) is 0 Å². The number of rotatable bonds is 7. The first kappa shape index (κ1) is 22.0. The van der Waals surface area contributed by atoms with Gasteiger partial charge in [0.15, 0.2) is 0 Å². The Morgan fingerprint density at radius 1 is 0.969 bits per heavy atom. The number of thiophene rings is 1. The molecule has 1 aromatic heterocycles. The van der Waals surface area contributed by atoms with E-state index in [2.05, 4.69) is 10.2 Å². The molecule has 2 heterocycles. The number of para-hydroxylation sites is 2. The summed E-state index contributed by atoms with van der Waals surface area (Å²) in [4.78, 5) is 31.0. The molecule has 1 aliphatic heterocycles. The van der Waals surface area contributed by atoms with Gasteiger partial charge in [0.05, 0.1) is 17.2 Å². The van der Waals surface area contributed by atoms with E-state index in [9.17, 15) is 9.59 Å². The van der Waals surface area contributed by atoms with Crippen LogP contribution in [0.3, 0.4) is 0 Å². The Morgan fingerprint density at radius 2 is 1.69 bits per heavy atom. The van der Waals surface area contributed by atoms with Gasteiger partial charge in [0.1, 0.15) is 11.8 Å². The van der Waals surface area contributed by atoms with Crippen molar-refractivity contribution < 1.29 is 14.3 Å². The van der Waals surface area contributed by atoms with Gasteiger partial charge in [-0.25, -0.2) is 0 Å². The van der Waals surface area contributed by atoms with Gasteiger partial charge in [0.25, 0.3) is 5.91 Å². The number of nitrogens with one attached hydrogen (secondary N) is 1. The second-order valence-electron chi connectivity index (χ2n) is 7.54. The van der Waals surface area contributed by atoms with E-state index in [1.165, 1.54) is 11.3 Å². The summed E-state index contributed by atoms with van der Waals surface area (Å²) in [6.45, 7) is 4.86. The van der Waals surface area contributed by atoms with Gasteiger partial charge >= 0.3 is 0 Å². The first-order valence-electron chi connectivity index (χ1n) is 10.8. The summed E-state index contributed by atoms with van der Waals surface area (Å²) >= 11 is 1.46. The van der Waals surface area contributed by atoms with Crippen LogP contribution in [0, 0.1) is 0 Å². The van der Waals surface area contributed by atoms with Gasteiger partial charge in [-0.05, 0) is 36.1 Å². The zero-order chi connectivity index (χ0) is 22.3. The summed E-state index contributed by atoms with van der Waals surface area (Å²) in [6.07, 6.45) is 0. The fraction of sp³-hybridized carbons (Fsp3) is 0.280. The van der Waals surface area contributed by atoms with Crippen molar-refractivity contribution in [2.24, 2.45) is 0 Å². The quantitative estimate of drug-likeness (QED) is 0.585. The van der Waals surface area contributed by atoms with Crippen molar-refractivity contribution in [3.63, 3.8) is 0 Å². The molecule has 4 rings (SSSR count). The van der Waals surface area contributed by atoms with Crippen LogP contribution in [0.4, 0.5) is 5.69 Å². The van der Waals surface area contributed by atoms with Crippen molar-refractivity contribution in [1.29, 1.82) is 0 Å². The van der Waals surface area contributed by atoms with E-state index >= 15 is 0 Å². The van der Waals surface area contributed by atoms with Crippen LogP contribution in [0.1, 0.15) is 28.2 Å². The molecule has 2 amide bonds. The zero-order valence-electron chi connectivity index (χ0n) is 18.1. The van der Waals surface area contributed by atoms with Crippen molar-refractivity contribution in [2.75, 3.05) is 38.1 Å². The van der Waals surface area contributed by atoms with Crippen LogP contribution in [0.25, 0.3) is 0 Å². The highest BCUT2D eigenvalue weighted by molar-refractivity contribution is 7.12. The minimum Gasteiger partial charge on any atom is -0.492 e. The van der Waals surface area contributed by atoms with Gasteiger partial charge in [0.2, 0.25) is 5.91 Å². The number of anilines is 1. The maximum atomic E-state index is 13.5. The zero-order valence-corrected chi connectivity index (χ0v) is 18.9. The average Bonchev–Trinajstić information content (AvgIpc) is 3.36. The largest absolute Gasteiger partial charge is 0.492 e. The second-order valence-corrected chi connectivity index (χ2v) is 8.48. The Bertz CT molecular complexity index is 1030. The SMILES string of the molecule is CCOc1ccccc1NC(=O)C(c1ccccc1)N1CCN(C(=O)c2cccs2)CC1. The molecule has 0 spiro atoms. The monoisotopic (exact) mass is 449 g/mol. The standard InChI is InChI=1S/C25H27N3O3S/c1-2-31-21-12-7-6-11-20(21)26-24(29)23(19-9-4-3-5-10-19)27-14-16-28(17-15-27)25(30)22-13-8-18-32-22/h3-13,18,23H,2,14-17H2,1H3,(H,26,29). The number of nitrogens with zero attached hydrogens (tertiary/aromatic N) is 2. The highest BCUT2D eigenvalue weighted by atomic mass is 32.1. The summed E-state index contributed by atoms with van der Waals surface area (Å²) in [5, 5.41) is 4.98. The van der Waals surface area contributed by atoms with E-state index in [1.807, 2.05) is 83.9 Å². The van der Waals surface area contributed by atoms with Gasteiger partial charge in [-0.15, -0.1) is 11.3 Å². The van der Waals surface area contributed by atoms with Crippen molar-refractivity contribution in [3.05, 3.63) is 82.6 Å². The van der Waals surface area contributed by atoms with E-state index < -0.39 is 6.04 Å². The number of carbonyl (C=O) groups is 2. The summed E-state index contributed by atoms with van der Waals surface area (Å²) in [5.74, 6) is 0.605. The van der Waals surface area contributed by atoms with Crippen LogP contribution in [0.15, 0.2) is 72.1 Å². The number of hydrogen-bond donors (Lipinski definition) is 1. The predicted octanol–water partition coefficient (Wildman–Crippen LogP) is 4.28. The number of ether oxygens (including phenoxy) is 1. The molecule has 1 N–H and O–H groups in total. The highest BCUT2D eigenvalue weighted by Gasteiger charge is 2.32. The third-order valence-corrected chi connectivity index (χ3v) is 6.36. The van der Waals surface area contributed by atoms with Gasteiger partial charge < -0.3 is 15.0 Å². The van der Waals surface area contributed by atoms with E-state index in [-0.39, 0.29) is 11.8 Å². The topological polar surface area (TPSA) is 61.9 Å². The summed E-state index contributed by atoms with van der Waals surface area (Å²) in [5.41, 5.74) is 1.59. The lowest BCUT2D eigenvalue weighted by Gasteiger charge is -2.38. The maximum absolute atomic E-state index is 13.5. The molecule has 1 saturated heterocycles. The molecule has 6 nitrogen and oxygen atoms in total. The average molecular weight is 450 g/mol. The van der Waals surface area contributed by atoms with Crippen LogP contribution in [0.2, 0.25) is 0 Å². The van der Waals surface area contributed by atoms with Crippen LogP contribution in [-0.4, -0.2) is 54.4 Å². The van der Waals surface area contributed by atoms with Crippen molar-refractivity contribution in [2.45, 2.75) is 13.0 Å². The Hall–Kier alpha value is -3.16. The number of benzene rings is 2. The molecule has 1 unspecified atom stereocenters. The van der Waals surface area contributed by atoms with Crippen LogP contribution in [0.5, 0.6) is 5.75 Å². The molecule has 32 heavy (non-hydrogen) atoms. The Morgan fingerprint density at radius 3 is 2.38 bits per heavy atom.